The number of ether oxygens (including phenoxy) is 1. The monoisotopic (exact) mass is 333 g/mol. The first-order chi connectivity index (χ1) is 11.5. The van der Waals surface area contributed by atoms with Crippen molar-refractivity contribution in [2.45, 2.75) is 39.7 Å². The normalized spacial score (nSPS) is 17.3. The lowest BCUT2D eigenvalue weighted by Gasteiger charge is -2.17. The van der Waals surface area contributed by atoms with Gasteiger partial charge in [-0.05, 0) is 26.3 Å². The van der Waals surface area contributed by atoms with Gasteiger partial charge in [0.2, 0.25) is 5.82 Å². The van der Waals surface area contributed by atoms with Crippen LogP contribution in [0.5, 0.6) is 5.88 Å². The van der Waals surface area contributed by atoms with E-state index in [0.717, 1.165) is 0 Å². The number of rotatable bonds is 4. The van der Waals surface area contributed by atoms with Crippen LogP contribution >= 0.6 is 0 Å². The minimum absolute atomic E-state index is 0.0449. The molecule has 0 spiro atoms. The van der Waals surface area contributed by atoms with Gasteiger partial charge in [-0.15, -0.1) is 0 Å². The summed E-state index contributed by atoms with van der Waals surface area (Å²) in [6.07, 6.45) is 2.12. The summed E-state index contributed by atoms with van der Waals surface area (Å²) in [6.45, 7) is 6.35. The molecule has 0 unspecified atom stereocenters. The highest BCUT2D eigenvalue weighted by atomic mass is 19.1. The molecular weight excluding hydrogens is 313 g/mol. The number of carbonyl (C=O) groups excluding carboxylic acids is 1. The van der Waals surface area contributed by atoms with E-state index in [4.69, 9.17) is 9.15 Å². The second kappa shape index (κ2) is 6.59. The van der Waals surface area contributed by atoms with Crippen LogP contribution < -0.4 is 4.74 Å². The Morgan fingerprint density at radius 1 is 1.46 bits per heavy atom. The second-order valence-electron chi connectivity index (χ2n) is 5.90. The fourth-order valence-corrected chi connectivity index (χ4v) is 2.90. The largest absolute Gasteiger partial charge is 0.470 e. The first kappa shape index (κ1) is 16.4. The van der Waals surface area contributed by atoms with Gasteiger partial charge in [-0.3, -0.25) is 4.79 Å². The lowest BCUT2D eigenvalue weighted by Crippen LogP contribution is -2.31. The molecule has 1 atom stereocenters. The van der Waals surface area contributed by atoms with Crippen molar-refractivity contribution in [2.24, 2.45) is 0 Å². The Hall–Kier alpha value is -2.44. The predicted octanol–water partition coefficient (Wildman–Crippen LogP) is 2.68. The number of halogens is 1. The van der Waals surface area contributed by atoms with Crippen LogP contribution in [-0.4, -0.2) is 40.0 Å². The van der Waals surface area contributed by atoms with Crippen LogP contribution in [0.1, 0.15) is 40.9 Å². The molecule has 6 nitrogen and oxygen atoms in total. The van der Waals surface area contributed by atoms with Crippen molar-refractivity contribution >= 4 is 5.91 Å². The Labute approximate surface area is 139 Å². The van der Waals surface area contributed by atoms with Gasteiger partial charge in [-0.2, -0.15) is 9.37 Å². The topological polar surface area (TPSA) is 68.5 Å². The van der Waals surface area contributed by atoms with Gasteiger partial charge in [-0.1, -0.05) is 6.92 Å². The number of carbonyl (C=O) groups is 1. The summed E-state index contributed by atoms with van der Waals surface area (Å²) in [7, 11) is 0. The number of nitrogens with zero attached hydrogens (tertiary/aromatic N) is 3. The Morgan fingerprint density at radius 3 is 2.92 bits per heavy atom. The molecule has 0 saturated carbocycles. The maximum atomic E-state index is 14.2. The number of furan rings is 1. The van der Waals surface area contributed by atoms with E-state index in [2.05, 4.69) is 9.97 Å². The molecule has 1 fully saturated rings. The molecule has 7 heteroatoms. The lowest BCUT2D eigenvalue weighted by atomic mass is 10.2. The third-order valence-corrected chi connectivity index (χ3v) is 4.15. The summed E-state index contributed by atoms with van der Waals surface area (Å²) in [5.74, 6) is 0.657. The van der Waals surface area contributed by atoms with Crippen LogP contribution in [0.25, 0.3) is 0 Å². The molecule has 0 aliphatic carbocycles. The predicted molar refractivity (Wildman–Crippen MR) is 84.5 cm³/mol. The smallest absolute Gasteiger partial charge is 0.257 e. The first-order valence-electron chi connectivity index (χ1n) is 8.02. The van der Waals surface area contributed by atoms with Gasteiger partial charge in [0.05, 0.1) is 17.8 Å². The molecule has 1 amide bonds. The van der Waals surface area contributed by atoms with Crippen LogP contribution in [0.4, 0.5) is 4.39 Å². The number of amides is 1. The van der Waals surface area contributed by atoms with Crippen molar-refractivity contribution in [1.82, 2.24) is 14.9 Å². The molecule has 2 aromatic rings. The minimum Gasteiger partial charge on any atom is -0.470 e. The molecule has 1 aliphatic rings. The van der Waals surface area contributed by atoms with Crippen LogP contribution in [0, 0.1) is 19.7 Å². The second-order valence-corrected chi connectivity index (χ2v) is 5.90. The highest BCUT2D eigenvalue weighted by molar-refractivity contribution is 5.95. The Balaban J connectivity index is 1.68. The third-order valence-electron chi connectivity index (χ3n) is 4.15. The number of aromatic nitrogens is 2. The summed E-state index contributed by atoms with van der Waals surface area (Å²) >= 11 is 0. The van der Waals surface area contributed by atoms with Gasteiger partial charge in [0.25, 0.3) is 11.8 Å². The molecule has 0 N–H and O–H groups in total. The van der Waals surface area contributed by atoms with Crippen molar-refractivity contribution in [2.75, 3.05) is 13.1 Å². The average molecular weight is 333 g/mol. The number of hydrogen-bond donors (Lipinski definition) is 0. The maximum Gasteiger partial charge on any atom is 0.257 e. The summed E-state index contributed by atoms with van der Waals surface area (Å²) in [5, 5.41) is 0. The first-order valence-corrected chi connectivity index (χ1v) is 8.02. The molecular formula is C17H20FN3O3. The Morgan fingerprint density at radius 2 is 2.25 bits per heavy atom. The molecule has 1 aliphatic heterocycles. The van der Waals surface area contributed by atoms with E-state index in [1.54, 1.807) is 17.9 Å². The fraction of sp³-hybridized carbons (Fsp3) is 0.471. The van der Waals surface area contributed by atoms with E-state index < -0.39 is 5.82 Å². The summed E-state index contributed by atoms with van der Waals surface area (Å²) in [4.78, 5) is 22.0. The quantitative estimate of drug-likeness (QED) is 0.860. The van der Waals surface area contributed by atoms with Gasteiger partial charge in [-0.25, -0.2) is 4.98 Å². The highest BCUT2D eigenvalue weighted by Crippen LogP contribution is 2.23. The van der Waals surface area contributed by atoms with Gasteiger partial charge in [0, 0.05) is 13.0 Å². The van der Waals surface area contributed by atoms with Crippen LogP contribution in [0.15, 0.2) is 16.8 Å². The van der Waals surface area contributed by atoms with Gasteiger partial charge >= 0.3 is 0 Å². The van der Waals surface area contributed by atoms with Gasteiger partial charge in [0.1, 0.15) is 24.0 Å². The zero-order chi connectivity index (χ0) is 17.3. The molecule has 1 saturated heterocycles. The Kier molecular flexibility index (Phi) is 4.51. The molecule has 128 valence electrons. The van der Waals surface area contributed by atoms with E-state index in [-0.39, 0.29) is 17.9 Å². The minimum atomic E-state index is -0.522. The molecule has 24 heavy (non-hydrogen) atoms. The van der Waals surface area contributed by atoms with E-state index in [1.807, 2.05) is 13.8 Å². The van der Waals surface area contributed by atoms with Crippen molar-refractivity contribution < 1.29 is 18.3 Å². The molecule has 2 aromatic heterocycles. The summed E-state index contributed by atoms with van der Waals surface area (Å²) in [6, 6.07) is 1.74. The summed E-state index contributed by atoms with van der Waals surface area (Å²) < 4.78 is 25.2. The number of likely N-dealkylation sites (tertiary alicyclic amines) is 1. The van der Waals surface area contributed by atoms with Crippen molar-refractivity contribution in [3.8, 4) is 5.88 Å². The molecule has 0 bridgehead atoms. The molecule has 3 rings (SSSR count). The highest BCUT2D eigenvalue weighted by Gasteiger charge is 2.31. The molecule has 3 heterocycles. The lowest BCUT2D eigenvalue weighted by molar-refractivity contribution is 0.0768. The van der Waals surface area contributed by atoms with Crippen LogP contribution in [0.3, 0.4) is 0 Å². The maximum absolute atomic E-state index is 14.2. The standard InChI is InChI=1S/C17H20FN3O3/c1-4-14-15(18)16(20-9-19-14)24-12-5-6-21(8-12)17(22)13-7-10(2)23-11(13)3/h7,9,12H,4-6,8H2,1-3H3/t12-/m1/s1. The van der Waals surface area contributed by atoms with Crippen molar-refractivity contribution in [3.63, 3.8) is 0 Å². The van der Waals surface area contributed by atoms with Crippen LogP contribution in [-0.2, 0) is 6.42 Å². The SMILES string of the molecule is CCc1ncnc(O[C@@H]2CCN(C(=O)c3cc(C)oc3C)C2)c1F. The zero-order valence-electron chi connectivity index (χ0n) is 14.0. The number of hydrogen-bond acceptors (Lipinski definition) is 5. The summed E-state index contributed by atoms with van der Waals surface area (Å²) in [5.41, 5.74) is 0.894. The van der Waals surface area contributed by atoms with Gasteiger partial charge < -0.3 is 14.1 Å². The zero-order valence-corrected chi connectivity index (χ0v) is 14.0. The van der Waals surface area contributed by atoms with E-state index in [0.29, 0.717) is 48.7 Å². The fourth-order valence-electron chi connectivity index (χ4n) is 2.90. The Bertz CT molecular complexity index is 760. The van der Waals surface area contributed by atoms with E-state index >= 15 is 0 Å². The molecule has 0 aromatic carbocycles. The van der Waals surface area contributed by atoms with E-state index in [1.165, 1.54) is 6.33 Å². The van der Waals surface area contributed by atoms with Gasteiger partial charge in [0.15, 0.2) is 0 Å². The van der Waals surface area contributed by atoms with Crippen LogP contribution in [0.2, 0.25) is 0 Å². The average Bonchev–Trinajstić information content (AvgIpc) is 3.15. The van der Waals surface area contributed by atoms with Crippen molar-refractivity contribution in [1.29, 1.82) is 0 Å². The third kappa shape index (κ3) is 3.11. The van der Waals surface area contributed by atoms with Crippen molar-refractivity contribution in [3.05, 3.63) is 41.0 Å². The molecule has 0 radical (unpaired) electrons. The van der Waals surface area contributed by atoms with E-state index in [9.17, 15) is 9.18 Å². The number of aryl methyl sites for hydroxylation is 3.